The molecule has 0 radical (unpaired) electrons. The molecular weight excluding hydrogens is 255 g/mol. The summed E-state index contributed by atoms with van der Waals surface area (Å²) in [5, 5.41) is 4.07. The molecule has 0 aromatic carbocycles. The van der Waals surface area contributed by atoms with Gasteiger partial charge in [-0.05, 0) is 12.8 Å². The Kier molecular flexibility index (Phi) is 4.32. The minimum atomic E-state index is -3.82. The third-order valence-corrected chi connectivity index (χ3v) is 3.71. The summed E-state index contributed by atoms with van der Waals surface area (Å²) in [6, 6.07) is 0. The average Bonchev–Trinajstić information content (AvgIpc) is 2.55. The molecule has 0 saturated carbocycles. The molecule has 1 aromatic heterocycles. The van der Waals surface area contributed by atoms with Crippen molar-refractivity contribution in [2.45, 2.75) is 38.1 Å². The molecule has 0 aliphatic carbocycles. The molecule has 0 saturated heterocycles. The number of hydrogen-bond donors (Lipinski definition) is 0. The first-order valence-electron chi connectivity index (χ1n) is 5.04. The molecule has 7 heteroatoms. The van der Waals surface area contributed by atoms with Gasteiger partial charge >= 0.3 is 0 Å². The first kappa shape index (κ1) is 13.4. The maximum atomic E-state index is 12.3. The molecule has 0 fully saturated rings. The molecule has 1 heterocycles. The summed E-state index contributed by atoms with van der Waals surface area (Å²) >= 11 is 0. The molecule has 0 bridgehead atoms. The second-order valence-electron chi connectivity index (χ2n) is 3.28. The van der Waals surface area contributed by atoms with Gasteiger partial charge in [0.2, 0.25) is 0 Å². The second kappa shape index (κ2) is 5.14. The Balaban J connectivity index is 3.43. The first-order chi connectivity index (χ1) is 7.45. The molecule has 0 N–H and O–H groups in total. The van der Waals surface area contributed by atoms with Crippen molar-refractivity contribution in [1.82, 2.24) is 9.78 Å². The summed E-state index contributed by atoms with van der Waals surface area (Å²) in [5.74, 6) is 0. The van der Waals surface area contributed by atoms with Crippen LogP contribution in [0.3, 0.4) is 0 Å². The monoisotopic (exact) mass is 268 g/mol. The number of aryl methyl sites for hydroxylation is 2. The quantitative estimate of drug-likeness (QED) is 0.767. The fourth-order valence-corrected chi connectivity index (χ4v) is 3.19. The molecule has 0 atom stereocenters. The molecule has 0 aliphatic heterocycles. The zero-order valence-electron chi connectivity index (χ0n) is 9.20. The lowest BCUT2D eigenvalue weighted by Crippen LogP contribution is -2.07. The van der Waals surface area contributed by atoms with Crippen molar-refractivity contribution < 1.29 is 12.8 Å². The fourth-order valence-electron chi connectivity index (χ4n) is 1.66. The van der Waals surface area contributed by atoms with E-state index in [0.717, 1.165) is 0 Å². The molecule has 0 spiro atoms. The van der Waals surface area contributed by atoms with Gasteiger partial charge < -0.3 is 0 Å². The SMILES string of the molecule is CCc1nn(CCF)c(CC)c1S(=O)(=O)Cl. The van der Waals surface area contributed by atoms with Crippen LogP contribution < -0.4 is 0 Å². The minimum absolute atomic E-state index is 0.0487. The van der Waals surface area contributed by atoms with Gasteiger partial charge in [0.25, 0.3) is 9.05 Å². The largest absolute Gasteiger partial charge is 0.265 e. The Hall–Kier alpha value is -0.620. The number of alkyl halides is 1. The molecule has 4 nitrogen and oxygen atoms in total. The highest BCUT2D eigenvalue weighted by molar-refractivity contribution is 8.13. The molecule has 92 valence electrons. The van der Waals surface area contributed by atoms with Gasteiger partial charge in [0.15, 0.2) is 0 Å². The Bertz CT molecular complexity index is 470. The van der Waals surface area contributed by atoms with E-state index < -0.39 is 15.7 Å². The van der Waals surface area contributed by atoms with Crippen molar-refractivity contribution in [3.05, 3.63) is 11.4 Å². The van der Waals surface area contributed by atoms with Gasteiger partial charge in [-0.15, -0.1) is 0 Å². The zero-order chi connectivity index (χ0) is 12.3. The first-order valence-corrected chi connectivity index (χ1v) is 7.35. The minimum Gasteiger partial charge on any atom is -0.265 e. The number of nitrogens with zero attached hydrogens (tertiary/aromatic N) is 2. The third-order valence-electron chi connectivity index (χ3n) is 2.29. The molecule has 0 unspecified atom stereocenters. The highest BCUT2D eigenvalue weighted by Gasteiger charge is 2.25. The van der Waals surface area contributed by atoms with Crippen LogP contribution in [0.5, 0.6) is 0 Å². The van der Waals surface area contributed by atoms with Crippen LogP contribution in [0.4, 0.5) is 4.39 Å². The lowest BCUT2D eigenvalue weighted by Gasteiger charge is -2.03. The van der Waals surface area contributed by atoms with E-state index in [9.17, 15) is 12.8 Å². The molecule has 1 aromatic rings. The van der Waals surface area contributed by atoms with Gasteiger partial charge in [-0.1, -0.05) is 13.8 Å². The maximum absolute atomic E-state index is 12.3. The summed E-state index contributed by atoms with van der Waals surface area (Å²) < 4.78 is 36.5. The van der Waals surface area contributed by atoms with Crippen molar-refractivity contribution >= 4 is 19.7 Å². The Morgan fingerprint density at radius 2 is 2.00 bits per heavy atom. The third kappa shape index (κ3) is 2.55. The Morgan fingerprint density at radius 1 is 1.38 bits per heavy atom. The molecule has 0 amide bonds. The fraction of sp³-hybridized carbons (Fsp3) is 0.667. The predicted octanol–water partition coefficient (Wildman–Crippen LogP) is 1.90. The van der Waals surface area contributed by atoms with Gasteiger partial charge in [0, 0.05) is 10.7 Å². The van der Waals surface area contributed by atoms with Crippen LogP contribution in [0.15, 0.2) is 4.90 Å². The van der Waals surface area contributed by atoms with Crippen LogP contribution in [-0.4, -0.2) is 24.9 Å². The summed E-state index contributed by atoms with van der Waals surface area (Å²) in [5.41, 5.74) is 0.879. The van der Waals surface area contributed by atoms with E-state index in [1.807, 2.05) is 0 Å². The van der Waals surface area contributed by atoms with Crippen LogP contribution in [0.25, 0.3) is 0 Å². The number of aromatic nitrogens is 2. The normalized spacial score (nSPS) is 12.0. The summed E-state index contributed by atoms with van der Waals surface area (Å²) in [7, 11) is 1.55. The van der Waals surface area contributed by atoms with Crippen LogP contribution in [0.2, 0.25) is 0 Å². The number of halogens is 2. The molecular formula is C9H14ClFN2O2S. The van der Waals surface area contributed by atoms with Gasteiger partial charge in [-0.2, -0.15) is 5.10 Å². The van der Waals surface area contributed by atoms with E-state index in [2.05, 4.69) is 5.10 Å². The standard InChI is InChI=1S/C9H14ClFN2O2S/c1-3-7-9(16(10,14)15)8(4-2)13(12-7)6-5-11/h3-6H2,1-2H3. The van der Waals surface area contributed by atoms with E-state index in [1.165, 1.54) is 4.68 Å². The van der Waals surface area contributed by atoms with E-state index in [4.69, 9.17) is 10.7 Å². The van der Waals surface area contributed by atoms with Crippen molar-refractivity contribution in [3.63, 3.8) is 0 Å². The van der Waals surface area contributed by atoms with Crippen molar-refractivity contribution in [3.8, 4) is 0 Å². The molecule has 0 aliphatic rings. The van der Waals surface area contributed by atoms with Crippen LogP contribution >= 0.6 is 10.7 Å². The van der Waals surface area contributed by atoms with E-state index in [0.29, 0.717) is 24.2 Å². The zero-order valence-corrected chi connectivity index (χ0v) is 10.8. The van der Waals surface area contributed by atoms with Gasteiger partial charge in [-0.3, -0.25) is 4.68 Å². The van der Waals surface area contributed by atoms with Crippen LogP contribution in [-0.2, 0) is 28.4 Å². The summed E-state index contributed by atoms with van der Waals surface area (Å²) in [4.78, 5) is 0.0487. The predicted molar refractivity (Wildman–Crippen MR) is 60.0 cm³/mol. The topological polar surface area (TPSA) is 52.0 Å². The summed E-state index contributed by atoms with van der Waals surface area (Å²) in [6.07, 6.45) is 0.905. The highest BCUT2D eigenvalue weighted by atomic mass is 35.7. The van der Waals surface area contributed by atoms with E-state index >= 15 is 0 Å². The van der Waals surface area contributed by atoms with Crippen molar-refractivity contribution in [2.24, 2.45) is 0 Å². The smallest absolute Gasteiger partial charge is 0.264 e. The van der Waals surface area contributed by atoms with Gasteiger partial charge in [-0.25, -0.2) is 12.8 Å². The Labute approximate surface area is 98.8 Å². The van der Waals surface area contributed by atoms with Gasteiger partial charge in [0.05, 0.1) is 17.9 Å². The van der Waals surface area contributed by atoms with Crippen LogP contribution in [0.1, 0.15) is 25.2 Å². The number of hydrogen-bond acceptors (Lipinski definition) is 3. The summed E-state index contributed by atoms with van der Waals surface area (Å²) in [6.45, 7) is 3.05. The Morgan fingerprint density at radius 3 is 2.38 bits per heavy atom. The lowest BCUT2D eigenvalue weighted by molar-refractivity contribution is 0.419. The lowest BCUT2D eigenvalue weighted by atomic mass is 10.2. The molecule has 1 rings (SSSR count). The maximum Gasteiger partial charge on any atom is 0.264 e. The van der Waals surface area contributed by atoms with Gasteiger partial charge in [0.1, 0.15) is 11.6 Å². The van der Waals surface area contributed by atoms with Crippen molar-refractivity contribution in [2.75, 3.05) is 6.67 Å². The highest BCUT2D eigenvalue weighted by Crippen LogP contribution is 2.25. The van der Waals surface area contributed by atoms with E-state index in [-0.39, 0.29) is 11.4 Å². The second-order valence-corrected chi connectivity index (χ2v) is 5.78. The molecule has 16 heavy (non-hydrogen) atoms. The average molecular weight is 269 g/mol. The van der Waals surface area contributed by atoms with Crippen LogP contribution in [0, 0.1) is 0 Å². The van der Waals surface area contributed by atoms with Crippen molar-refractivity contribution in [1.29, 1.82) is 0 Å². The number of rotatable bonds is 5. The van der Waals surface area contributed by atoms with E-state index in [1.54, 1.807) is 13.8 Å².